The van der Waals surface area contributed by atoms with E-state index in [9.17, 15) is 9.59 Å². The van der Waals surface area contributed by atoms with E-state index in [0.29, 0.717) is 10.5 Å². The van der Waals surface area contributed by atoms with Gasteiger partial charge in [0.15, 0.2) is 0 Å². The van der Waals surface area contributed by atoms with Crippen LogP contribution in [-0.4, -0.2) is 22.8 Å². The molecule has 1 fully saturated rings. The first-order chi connectivity index (χ1) is 13.6. The van der Waals surface area contributed by atoms with Crippen LogP contribution in [0.15, 0.2) is 58.3 Å². The van der Waals surface area contributed by atoms with Crippen LogP contribution < -0.4 is 0 Å². The highest BCUT2D eigenvalue weighted by Gasteiger charge is 2.43. The number of thioether (sulfide) groups is 1. The molecule has 1 heterocycles. The number of imide groups is 1. The highest BCUT2D eigenvalue weighted by Crippen LogP contribution is 2.42. The fourth-order valence-electron chi connectivity index (χ4n) is 4.23. The molecule has 144 valence electrons. The molecule has 1 aliphatic carbocycles. The van der Waals surface area contributed by atoms with Crippen molar-refractivity contribution in [2.24, 2.45) is 0 Å². The van der Waals surface area contributed by atoms with Gasteiger partial charge in [0.25, 0.3) is 11.8 Å². The Bertz CT molecular complexity index is 942. The second-order valence-electron chi connectivity index (χ2n) is 7.71. The molecule has 2 aromatic rings. The molecule has 4 rings (SSSR count). The number of nitrogens with zero attached hydrogens (tertiary/aromatic N) is 1. The second kappa shape index (κ2) is 7.96. The van der Waals surface area contributed by atoms with Gasteiger partial charge in [-0.05, 0) is 49.9 Å². The molecule has 3 nitrogen and oxygen atoms in total. The topological polar surface area (TPSA) is 37.4 Å². The van der Waals surface area contributed by atoms with E-state index in [1.807, 2.05) is 56.3 Å². The second-order valence-corrected chi connectivity index (χ2v) is 8.79. The lowest BCUT2D eigenvalue weighted by Gasteiger charge is -2.30. The summed E-state index contributed by atoms with van der Waals surface area (Å²) >= 11 is 1.41. The summed E-state index contributed by atoms with van der Waals surface area (Å²) in [5.74, 6) is -0.247. The molecule has 0 spiro atoms. The van der Waals surface area contributed by atoms with Crippen molar-refractivity contribution >= 4 is 29.1 Å². The van der Waals surface area contributed by atoms with Crippen LogP contribution >= 0.6 is 11.8 Å². The first-order valence-electron chi connectivity index (χ1n) is 9.99. The van der Waals surface area contributed by atoms with Crippen LogP contribution in [0.4, 0.5) is 0 Å². The van der Waals surface area contributed by atoms with Crippen LogP contribution in [0.3, 0.4) is 0 Å². The molecule has 4 heteroatoms. The van der Waals surface area contributed by atoms with Crippen molar-refractivity contribution < 1.29 is 9.59 Å². The number of benzene rings is 2. The molecular formula is C24H25NO2S. The highest BCUT2D eigenvalue weighted by molar-refractivity contribution is 8.04. The van der Waals surface area contributed by atoms with E-state index < -0.39 is 0 Å². The maximum Gasteiger partial charge on any atom is 0.268 e. The number of carbonyl (C=O) groups excluding carboxylic acids is 2. The zero-order valence-corrected chi connectivity index (χ0v) is 17.2. The largest absolute Gasteiger partial charge is 0.271 e. The van der Waals surface area contributed by atoms with Gasteiger partial charge >= 0.3 is 0 Å². The summed E-state index contributed by atoms with van der Waals surface area (Å²) in [7, 11) is 0. The van der Waals surface area contributed by atoms with Crippen LogP contribution in [0.2, 0.25) is 0 Å². The minimum Gasteiger partial charge on any atom is -0.271 e. The van der Waals surface area contributed by atoms with Crippen LogP contribution in [0.5, 0.6) is 0 Å². The Morgan fingerprint density at radius 2 is 1.61 bits per heavy atom. The molecule has 0 aromatic heterocycles. The van der Waals surface area contributed by atoms with Crippen LogP contribution in [-0.2, 0) is 9.59 Å². The van der Waals surface area contributed by atoms with Crippen LogP contribution in [0.25, 0.3) is 5.57 Å². The van der Waals surface area contributed by atoms with Gasteiger partial charge in [-0.25, -0.2) is 0 Å². The first-order valence-corrected chi connectivity index (χ1v) is 10.8. The van der Waals surface area contributed by atoms with Crippen molar-refractivity contribution in [2.45, 2.75) is 56.9 Å². The molecule has 1 aliphatic heterocycles. The molecule has 0 atom stereocenters. The summed E-state index contributed by atoms with van der Waals surface area (Å²) in [4.78, 5) is 30.0. The summed E-state index contributed by atoms with van der Waals surface area (Å²) in [5, 5.41) is 0. The number of amides is 2. The molecule has 0 radical (unpaired) electrons. The van der Waals surface area contributed by atoms with Gasteiger partial charge < -0.3 is 0 Å². The van der Waals surface area contributed by atoms with E-state index in [2.05, 4.69) is 6.07 Å². The highest BCUT2D eigenvalue weighted by atomic mass is 32.2. The molecule has 2 amide bonds. The van der Waals surface area contributed by atoms with Crippen molar-refractivity contribution in [3.63, 3.8) is 0 Å². The van der Waals surface area contributed by atoms with E-state index >= 15 is 0 Å². The third kappa shape index (κ3) is 3.53. The third-order valence-electron chi connectivity index (χ3n) is 5.63. The Hall–Kier alpha value is -2.33. The quantitative estimate of drug-likeness (QED) is 0.645. The van der Waals surface area contributed by atoms with E-state index in [1.54, 1.807) is 4.90 Å². The van der Waals surface area contributed by atoms with Crippen LogP contribution in [0.1, 0.15) is 48.8 Å². The monoisotopic (exact) mass is 391 g/mol. The van der Waals surface area contributed by atoms with Gasteiger partial charge in [0.2, 0.25) is 0 Å². The Morgan fingerprint density at radius 1 is 0.893 bits per heavy atom. The Kier molecular flexibility index (Phi) is 5.40. The van der Waals surface area contributed by atoms with Crippen molar-refractivity contribution in [3.8, 4) is 0 Å². The van der Waals surface area contributed by atoms with E-state index in [-0.39, 0.29) is 17.9 Å². The van der Waals surface area contributed by atoms with Gasteiger partial charge in [-0.2, -0.15) is 0 Å². The van der Waals surface area contributed by atoms with Gasteiger partial charge in [0, 0.05) is 10.9 Å². The van der Waals surface area contributed by atoms with Crippen molar-refractivity contribution in [3.05, 3.63) is 70.1 Å². The molecule has 0 unspecified atom stereocenters. The molecule has 0 bridgehead atoms. The van der Waals surface area contributed by atoms with E-state index in [4.69, 9.17) is 0 Å². The average molecular weight is 392 g/mol. The minimum atomic E-state index is -0.124. The van der Waals surface area contributed by atoms with Gasteiger partial charge in [0.1, 0.15) is 0 Å². The lowest BCUT2D eigenvalue weighted by atomic mass is 9.94. The Labute approximate surface area is 170 Å². The normalized spacial score (nSPS) is 18.3. The molecule has 2 aromatic carbocycles. The predicted octanol–water partition coefficient (Wildman–Crippen LogP) is 5.51. The fourth-order valence-corrected chi connectivity index (χ4v) is 5.24. The molecule has 1 saturated carbocycles. The number of aryl methyl sites for hydroxylation is 2. The maximum absolute atomic E-state index is 13.5. The summed E-state index contributed by atoms with van der Waals surface area (Å²) in [6.45, 7) is 4.06. The third-order valence-corrected chi connectivity index (χ3v) is 6.72. The summed E-state index contributed by atoms with van der Waals surface area (Å²) < 4.78 is 0. The maximum atomic E-state index is 13.5. The Balaban J connectivity index is 1.79. The van der Waals surface area contributed by atoms with Crippen molar-refractivity contribution in [2.75, 3.05) is 0 Å². The summed E-state index contributed by atoms with van der Waals surface area (Å²) in [6, 6.07) is 16.0. The zero-order valence-electron chi connectivity index (χ0n) is 16.4. The van der Waals surface area contributed by atoms with Gasteiger partial charge in [0.05, 0.1) is 10.5 Å². The smallest absolute Gasteiger partial charge is 0.268 e. The first kappa shape index (κ1) is 19.0. The number of hydrogen-bond acceptors (Lipinski definition) is 3. The van der Waals surface area contributed by atoms with Crippen molar-refractivity contribution in [1.82, 2.24) is 4.90 Å². The molecule has 28 heavy (non-hydrogen) atoms. The molecule has 0 N–H and O–H groups in total. The minimum absolute atomic E-state index is 0.0309. The van der Waals surface area contributed by atoms with Gasteiger partial charge in [-0.3, -0.25) is 14.5 Å². The lowest BCUT2D eigenvalue weighted by Crippen LogP contribution is -2.42. The SMILES string of the molecule is Cc1ccc(C2=C(Sc3ccccc3)C(=O)N(C3CCCCC3)C2=O)c(C)c1. The van der Waals surface area contributed by atoms with Gasteiger partial charge in [-0.1, -0.05) is 73.0 Å². The fraction of sp³-hybridized carbons (Fsp3) is 0.333. The Morgan fingerprint density at radius 3 is 2.29 bits per heavy atom. The van der Waals surface area contributed by atoms with Crippen LogP contribution in [0, 0.1) is 13.8 Å². The van der Waals surface area contributed by atoms with E-state index in [1.165, 1.54) is 18.2 Å². The molecule has 2 aliphatic rings. The lowest BCUT2D eigenvalue weighted by molar-refractivity contribution is -0.139. The zero-order chi connectivity index (χ0) is 19.7. The predicted molar refractivity (Wildman–Crippen MR) is 114 cm³/mol. The van der Waals surface area contributed by atoms with Crippen molar-refractivity contribution in [1.29, 1.82) is 0 Å². The average Bonchev–Trinajstić information content (AvgIpc) is 2.93. The van der Waals surface area contributed by atoms with E-state index in [0.717, 1.165) is 47.3 Å². The number of carbonyl (C=O) groups is 2. The number of hydrogen-bond donors (Lipinski definition) is 0. The summed E-state index contributed by atoms with van der Waals surface area (Å²) in [6.07, 6.45) is 5.20. The summed E-state index contributed by atoms with van der Waals surface area (Å²) in [5.41, 5.74) is 3.63. The standard InChI is InChI=1S/C24H25NO2S/c1-16-13-14-20(17(2)15-16)21-22(28-19-11-7-4-8-12-19)24(27)25(23(21)26)18-9-5-3-6-10-18/h4,7-8,11-15,18H,3,5-6,9-10H2,1-2H3. The van der Waals surface area contributed by atoms with Gasteiger partial charge in [-0.15, -0.1) is 0 Å². The molecule has 0 saturated heterocycles. The number of rotatable bonds is 4. The molecular weight excluding hydrogens is 366 g/mol.